The summed E-state index contributed by atoms with van der Waals surface area (Å²) in [5, 5.41) is 1.85. The van der Waals surface area contributed by atoms with Crippen LogP contribution < -0.4 is 4.90 Å². The smallest absolute Gasteiger partial charge is 0.355 e. The highest BCUT2D eigenvalue weighted by Gasteiger charge is 2.33. The molecule has 0 unspecified atom stereocenters. The monoisotopic (exact) mass is 342 g/mol. The standard InChI is InChI=1S/C18H18N2O5/c1-11-7-19-8-12-5-4-6-14(15(11)12)20-10-25-9-13(17(21)23-2)16(20)18(22)24-3/h4-8H,9-10H2,1-3H3. The Morgan fingerprint density at radius 2 is 1.92 bits per heavy atom. The van der Waals surface area contributed by atoms with E-state index in [0.717, 1.165) is 22.0 Å². The van der Waals surface area contributed by atoms with Crippen molar-refractivity contribution in [3.63, 3.8) is 0 Å². The predicted molar refractivity (Wildman–Crippen MR) is 90.8 cm³/mol. The van der Waals surface area contributed by atoms with E-state index in [1.165, 1.54) is 14.2 Å². The predicted octanol–water partition coefficient (Wildman–Crippen LogP) is 1.94. The van der Waals surface area contributed by atoms with Crippen LogP contribution in [0.15, 0.2) is 41.9 Å². The van der Waals surface area contributed by atoms with Crippen molar-refractivity contribution < 1.29 is 23.8 Å². The number of methoxy groups -OCH3 is 2. The first-order valence-electron chi connectivity index (χ1n) is 7.67. The van der Waals surface area contributed by atoms with Gasteiger partial charge in [-0.2, -0.15) is 0 Å². The van der Waals surface area contributed by atoms with Crippen molar-refractivity contribution in [3.05, 3.63) is 47.4 Å². The molecule has 0 atom stereocenters. The van der Waals surface area contributed by atoms with Gasteiger partial charge >= 0.3 is 11.9 Å². The Morgan fingerprint density at radius 1 is 1.16 bits per heavy atom. The molecule has 7 nitrogen and oxygen atoms in total. The van der Waals surface area contributed by atoms with Gasteiger partial charge in [-0.1, -0.05) is 12.1 Å². The molecule has 7 heteroatoms. The summed E-state index contributed by atoms with van der Waals surface area (Å²) in [4.78, 5) is 30.3. The molecule has 0 saturated heterocycles. The highest BCUT2D eigenvalue weighted by atomic mass is 16.5. The Labute approximate surface area is 144 Å². The third-order valence-corrected chi connectivity index (χ3v) is 4.07. The highest BCUT2D eigenvalue weighted by molar-refractivity contribution is 6.06. The first-order valence-corrected chi connectivity index (χ1v) is 7.67. The average Bonchev–Trinajstić information content (AvgIpc) is 2.66. The lowest BCUT2D eigenvalue weighted by Crippen LogP contribution is -2.38. The minimum atomic E-state index is -0.622. The summed E-state index contributed by atoms with van der Waals surface area (Å²) in [6.07, 6.45) is 3.50. The summed E-state index contributed by atoms with van der Waals surface area (Å²) in [6, 6.07) is 5.66. The second-order valence-electron chi connectivity index (χ2n) is 5.55. The zero-order chi connectivity index (χ0) is 18.0. The van der Waals surface area contributed by atoms with Gasteiger partial charge in [0.1, 0.15) is 12.4 Å². The topological polar surface area (TPSA) is 78.0 Å². The number of carbonyl (C=O) groups excluding carboxylic acids is 2. The van der Waals surface area contributed by atoms with Crippen molar-refractivity contribution in [2.45, 2.75) is 6.92 Å². The Kier molecular flexibility index (Phi) is 4.67. The van der Waals surface area contributed by atoms with Crippen LogP contribution in [0.25, 0.3) is 10.8 Å². The number of benzene rings is 1. The Balaban J connectivity index is 2.25. The quantitative estimate of drug-likeness (QED) is 0.789. The lowest BCUT2D eigenvalue weighted by atomic mass is 10.0. The molecule has 0 spiro atoms. The number of esters is 2. The summed E-state index contributed by atoms with van der Waals surface area (Å²) in [5.41, 5.74) is 1.94. The van der Waals surface area contributed by atoms with Gasteiger partial charge in [0.15, 0.2) is 0 Å². The Hall–Kier alpha value is -2.93. The van der Waals surface area contributed by atoms with Crippen LogP contribution in [0.4, 0.5) is 5.69 Å². The molecule has 1 aliphatic heterocycles. The van der Waals surface area contributed by atoms with E-state index in [1.54, 1.807) is 17.3 Å². The van der Waals surface area contributed by atoms with Crippen molar-refractivity contribution in [1.29, 1.82) is 0 Å². The van der Waals surface area contributed by atoms with Gasteiger partial charge in [-0.15, -0.1) is 0 Å². The molecular formula is C18H18N2O5. The molecule has 25 heavy (non-hydrogen) atoms. The molecule has 0 N–H and O–H groups in total. The number of aromatic nitrogens is 1. The number of ether oxygens (including phenoxy) is 3. The van der Waals surface area contributed by atoms with E-state index < -0.39 is 11.9 Å². The van der Waals surface area contributed by atoms with Crippen LogP contribution in [0.2, 0.25) is 0 Å². The maximum atomic E-state index is 12.4. The highest BCUT2D eigenvalue weighted by Crippen LogP contribution is 2.34. The summed E-state index contributed by atoms with van der Waals surface area (Å²) in [7, 11) is 2.53. The van der Waals surface area contributed by atoms with Gasteiger partial charge in [0.05, 0.1) is 32.1 Å². The Morgan fingerprint density at radius 3 is 2.64 bits per heavy atom. The number of rotatable bonds is 3. The molecule has 2 heterocycles. The van der Waals surface area contributed by atoms with E-state index in [-0.39, 0.29) is 24.6 Å². The molecular weight excluding hydrogens is 324 g/mol. The molecule has 0 saturated carbocycles. The fourth-order valence-corrected chi connectivity index (χ4v) is 2.95. The van der Waals surface area contributed by atoms with Crippen molar-refractivity contribution >= 4 is 28.4 Å². The van der Waals surface area contributed by atoms with Gasteiger partial charge in [0.25, 0.3) is 0 Å². The van der Waals surface area contributed by atoms with Crippen LogP contribution in [0.5, 0.6) is 0 Å². The number of hydrogen-bond acceptors (Lipinski definition) is 7. The SMILES string of the molecule is COC(=O)C1=C(C(=O)OC)N(c2cccc3cncc(C)c23)COC1. The van der Waals surface area contributed by atoms with Gasteiger partial charge < -0.3 is 19.1 Å². The van der Waals surface area contributed by atoms with Gasteiger partial charge in [0.2, 0.25) is 0 Å². The molecule has 0 aliphatic carbocycles. The summed E-state index contributed by atoms with van der Waals surface area (Å²) in [5.74, 6) is -1.24. The summed E-state index contributed by atoms with van der Waals surface area (Å²) < 4.78 is 15.2. The van der Waals surface area contributed by atoms with E-state index in [9.17, 15) is 9.59 Å². The van der Waals surface area contributed by atoms with Crippen LogP contribution >= 0.6 is 0 Å². The van der Waals surface area contributed by atoms with Gasteiger partial charge in [-0.3, -0.25) is 4.98 Å². The van der Waals surface area contributed by atoms with E-state index in [1.807, 2.05) is 25.1 Å². The van der Waals surface area contributed by atoms with Crippen molar-refractivity contribution in [3.8, 4) is 0 Å². The van der Waals surface area contributed by atoms with Gasteiger partial charge in [-0.05, 0) is 18.6 Å². The van der Waals surface area contributed by atoms with Crippen LogP contribution in [-0.4, -0.2) is 44.5 Å². The average molecular weight is 342 g/mol. The molecule has 2 aromatic rings. The number of pyridine rings is 1. The van der Waals surface area contributed by atoms with E-state index in [2.05, 4.69) is 4.98 Å². The first kappa shape index (κ1) is 16.9. The fraction of sp³-hybridized carbons (Fsp3) is 0.278. The van der Waals surface area contributed by atoms with Crippen LogP contribution in [0.3, 0.4) is 0 Å². The summed E-state index contributed by atoms with van der Waals surface area (Å²) >= 11 is 0. The molecule has 1 aromatic heterocycles. The second kappa shape index (κ2) is 6.90. The lowest BCUT2D eigenvalue weighted by Gasteiger charge is -2.32. The molecule has 1 aliphatic rings. The number of carbonyl (C=O) groups is 2. The van der Waals surface area contributed by atoms with E-state index >= 15 is 0 Å². The zero-order valence-corrected chi connectivity index (χ0v) is 14.2. The van der Waals surface area contributed by atoms with Crippen molar-refractivity contribution in [1.82, 2.24) is 4.98 Å². The third-order valence-electron chi connectivity index (χ3n) is 4.07. The first-order chi connectivity index (χ1) is 12.1. The molecule has 3 rings (SSSR count). The van der Waals surface area contributed by atoms with Gasteiger partial charge in [0, 0.05) is 23.2 Å². The number of hydrogen-bond donors (Lipinski definition) is 0. The molecule has 130 valence electrons. The molecule has 0 radical (unpaired) electrons. The maximum Gasteiger partial charge on any atom is 0.355 e. The lowest BCUT2D eigenvalue weighted by molar-refractivity contribution is -0.140. The van der Waals surface area contributed by atoms with Crippen LogP contribution in [-0.2, 0) is 23.8 Å². The normalized spacial score (nSPS) is 14.6. The van der Waals surface area contributed by atoms with E-state index in [0.29, 0.717) is 0 Å². The fourth-order valence-electron chi connectivity index (χ4n) is 2.95. The third kappa shape index (κ3) is 2.94. The van der Waals surface area contributed by atoms with E-state index in [4.69, 9.17) is 14.2 Å². The number of anilines is 1. The summed E-state index contributed by atoms with van der Waals surface area (Å²) in [6.45, 7) is 2.04. The second-order valence-corrected chi connectivity index (χ2v) is 5.55. The van der Waals surface area contributed by atoms with Crippen molar-refractivity contribution in [2.75, 3.05) is 32.5 Å². The number of fused-ring (bicyclic) bond motifs is 1. The zero-order valence-electron chi connectivity index (χ0n) is 14.2. The van der Waals surface area contributed by atoms with Crippen LogP contribution in [0.1, 0.15) is 5.56 Å². The minimum Gasteiger partial charge on any atom is -0.466 e. The number of nitrogens with zero attached hydrogens (tertiary/aromatic N) is 2. The molecule has 0 fully saturated rings. The van der Waals surface area contributed by atoms with Crippen LogP contribution in [0, 0.1) is 6.92 Å². The Bertz CT molecular complexity index is 870. The minimum absolute atomic E-state index is 0.0150. The molecule has 0 amide bonds. The maximum absolute atomic E-state index is 12.4. The van der Waals surface area contributed by atoms with Crippen molar-refractivity contribution in [2.24, 2.45) is 0 Å². The molecule has 1 aromatic carbocycles. The number of aryl methyl sites for hydroxylation is 1. The van der Waals surface area contributed by atoms with Gasteiger partial charge in [-0.25, -0.2) is 9.59 Å². The largest absolute Gasteiger partial charge is 0.466 e. The molecule has 0 bridgehead atoms.